The van der Waals surface area contributed by atoms with Gasteiger partial charge >= 0.3 is 12.3 Å². The normalized spacial score (nSPS) is 14.2. The van der Waals surface area contributed by atoms with Crippen LogP contribution in [0.25, 0.3) is 11.3 Å². The quantitative estimate of drug-likeness (QED) is 0.289. The maximum atomic E-state index is 14.5. The van der Waals surface area contributed by atoms with Crippen LogP contribution in [0, 0.1) is 17.5 Å². The molecule has 0 radical (unpaired) electrons. The van der Waals surface area contributed by atoms with Gasteiger partial charge in [0.05, 0.1) is 30.6 Å². The minimum atomic E-state index is -4.79. The molecule has 4 rings (SSSR count). The molecule has 1 aliphatic rings. The zero-order valence-electron chi connectivity index (χ0n) is 23.7. The van der Waals surface area contributed by atoms with E-state index < -0.39 is 65.9 Å². The van der Waals surface area contributed by atoms with Gasteiger partial charge in [0, 0.05) is 37.8 Å². The van der Waals surface area contributed by atoms with Crippen LogP contribution >= 0.6 is 0 Å². The second-order valence-electron chi connectivity index (χ2n) is 10.9. The monoisotopic (exact) mass is 613 g/mol. The number of nitrogens with one attached hydrogen (secondary N) is 1. The van der Waals surface area contributed by atoms with E-state index in [1.165, 1.54) is 30.3 Å². The first-order valence-corrected chi connectivity index (χ1v) is 13.1. The predicted octanol–water partition coefficient (Wildman–Crippen LogP) is 5.26. The molecular weight excluding hydrogens is 584 g/mol. The molecule has 1 atom stereocenters. The van der Waals surface area contributed by atoms with Crippen LogP contribution in [0.15, 0.2) is 30.5 Å². The first kappa shape index (κ1) is 31.6. The lowest BCUT2D eigenvalue weighted by atomic mass is 10.0. The first-order chi connectivity index (χ1) is 20.1. The Hall–Kier alpha value is -4.30. The Bertz CT molecular complexity index is 1520. The minimum absolute atomic E-state index is 0.0377. The molecule has 3 aromatic rings. The zero-order chi connectivity index (χ0) is 31.7. The van der Waals surface area contributed by atoms with E-state index in [2.05, 4.69) is 15.3 Å². The van der Waals surface area contributed by atoms with E-state index in [0.29, 0.717) is 12.1 Å². The van der Waals surface area contributed by atoms with Gasteiger partial charge in [0.1, 0.15) is 11.4 Å². The van der Waals surface area contributed by atoms with Gasteiger partial charge in [-0.05, 0) is 51.0 Å². The number of hydrogen-bond acceptors (Lipinski definition) is 6. The molecule has 232 valence electrons. The molecule has 0 bridgehead atoms. The van der Waals surface area contributed by atoms with Crippen LogP contribution in [0.2, 0.25) is 0 Å². The number of benzene rings is 1. The SMILES string of the molecule is COc1ncccc1-c1nc(C(F)(F)F)n2c1CN(C(=O)C[C@@H](Cc1cc(F)c(F)cc1F)NC(=O)OC(C)(C)C)CC2. The molecule has 3 heterocycles. The summed E-state index contributed by atoms with van der Waals surface area (Å²) in [6.45, 7) is 4.14. The van der Waals surface area contributed by atoms with Crippen LogP contribution in [0.5, 0.6) is 5.88 Å². The molecule has 9 nitrogen and oxygen atoms in total. The van der Waals surface area contributed by atoms with E-state index in [0.717, 1.165) is 4.57 Å². The van der Waals surface area contributed by atoms with E-state index in [9.17, 15) is 35.9 Å². The van der Waals surface area contributed by atoms with Gasteiger partial charge in [-0.25, -0.2) is 27.9 Å². The van der Waals surface area contributed by atoms with Gasteiger partial charge < -0.3 is 24.3 Å². The molecule has 0 saturated carbocycles. The number of amides is 2. The number of fused-ring (bicyclic) bond motifs is 1. The van der Waals surface area contributed by atoms with E-state index in [1.54, 1.807) is 20.8 Å². The first-order valence-electron chi connectivity index (χ1n) is 13.1. The molecule has 43 heavy (non-hydrogen) atoms. The molecule has 1 N–H and O–H groups in total. The Labute approximate surface area is 242 Å². The standard InChI is InChI=1S/C28H29F6N5O4/c1-27(2,3)43-26(41)36-16(10-15-11-19(30)20(31)13-18(15)29)12-22(40)38-8-9-39-21(14-38)23(37-25(39)28(32,33)34)17-6-5-7-35-24(17)42-4/h5-7,11,13,16H,8-10,12,14H2,1-4H3,(H,36,41)/t16-/m1/s1. The summed E-state index contributed by atoms with van der Waals surface area (Å²) in [5, 5.41) is 2.47. The zero-order valence-corrected chi connectivity index (χ0v) is 23.7. The van der Waals surface area contributed by atoms with Gasteiger partial charge in [0.2, 0.25) is 17.6 Å². The topological polar surface area (TPSA) is 98.6 Å². The van der Waals surface area contributed by atoms with Crippen molar-refractivity contribution >= 4 is 12.0 Å². The largest absolute Gasteiger partial charge is 0.481 e. The highest BCUT2D eigenvalue weighted by molar-refractivity contribution is 5.79. The molecule has 2 aromatic heterocycles. The number of rotatable bonds is 7. The molecule has 0 saturated heterocycles. The number of carbonyl (C=O) groups excluding carboxylic acids is 2. The van der Waals surface area contributed by atoms with Crippen LogP contribution in [0.3, 0.4) is 0 Å². The Morgan fingerprint density at radius 1 is 1.07 bits per heavy atom. The highest BCUT2D eigenvalue weighted by Crippen LogP contribution is 2.38. The third kappa shape index (κ3) is 7.38. The highest BCUT2D eigenvalue weighted by Gasteiger charge is 2.41. The molecule has 2 amide bonds. The average Bonchev–Trinajstić information content (AvgIpc) is 3.30. The number of pyridine rings is 1. The van der Waals surface area contributed by atoms with Crippen molar-refractivity contribution in [3.8, 4) is 17.1 Å². The van der Waals surface area contributed by atoms with Crippen LogP contribution in [-0.4, -0.2) is 56.7 Å². The number of alkyl carbamates (subject to hydrolysis) is 1. The summed E-state index contributed by atoms with van der Waals surface area (Å²) < 4.78 is 95.0. The molecule has 15 heteroatoms. The number of aromatic nitrogens is 3. The molecule has 1 aromatic carbocycles. The van der Waals surface area contributed by atoms with Crippen molar-refractivity contribution in [3.05, 3.63) is 65.0 Å². The van der Waals surface area contributed by atoms with Crippen LogP contribution in [-0.2, 0) is 35.2 Å². The number of ether oxygens (including phenoxy) is 2. The number of nitrogens with zero attached hydrogens (tertiary/aromatic N) is 4. The Kier molecular flexibility index (Phi) is 8.92. The van der Waals surface area contributed by atoms with Crippen LogP contribution < -0.4 is 10.1 Å². The second-order valence-corrected chi connectivity index (χ2v) is 10.9. The lowest BCUT2D eigenvalue weighted by Gasteiger charge is -2.31. The van der Waals surface area contributed by atoms with Gasteiger partial charge in [0.25, 0.3) is 0 Å². The summed E-state index contributed by atoms with van der Waals surface area (Å²) in [5.41, 5.74) is -1.01. The summed E-state index contributed by atoms with van der Waals surface area (Å²) in [4.78, 5) is 35.2. The summed E-state index contributed by atoms with van der Waals surface area (Å²) in [6, 6.07) is 2.84. The van der Waals surface area contributed by atoms with Crippen LogP contribution in [0.1, 0.15) is 44.3 Å². The highest BCUT2D eigenvalue weighted by atomic mass is 19.4. The number of alkyl halides is 3. The van der Waals surface area contributed by atoms with Gasteiger partial charge in [-0.2, -0.15) is 13.2 Å². The van der Waals surface area contributed by atoms with E-state index >= 15 is 0 Å². The number of hydrogen-bond donors (Lipinski definition) is 1. The van der Waals surface area contributed by atoms with E-state index in [-0.39, 0.29) is 48.0 Å². The van der Waals surface area contributed by atoms with Crippen molar-refractivity contribution in [1.29, 1.82) is 0 Å². The number of carbonyl (C=O) groups is 2. The summed E-state index contributed by atoms with van der Waals surface area (Å²) in [6.07, 6.45) is -5.18. The number of imidazole rings is 1. The van der Waals surface area contributed by atoms with Crippen molar-refractivity contribution < 1.29 is 45.4 Å². The molecule has 0 fully saturated rings. The lowest BCUT2D eigenvalue weighted by molar-refractivity contribution is -0.148. The molecule has 0 aliphatic carbocycles. The van der Waals surface area contributed by atoms with Crippen LogP contribution in [0.4, 0.5) is 31.1 Å². The smallest absolute Gasteiger partial charge is 0.449 e. The summed E-state index contributed by atoms with van der Waals surface area (Å²) in [7, 11) is 1.31. The van der Waals surface area contributed by atoms with Crippen molar-refractivity contribution in [2.45, 2.75) is 64.5 Å². The fourth-order valence-electron chi connectivity index (χ4n) is 4.72. The van der Waals surface area contributed by atoms with Crippen molar-refractivity contribution in [2.75, 3.05) is 13.7 Å². The van der Waals surface area contributed by atoms with E-state index in [1.807, 2.05) is 0 Å². The molecular formula is C28H29F6N5O4. The summed E-state index contributed by atoms with van der Waals surface area (Å²) >= 11 is 0. The fourth-order valence-corrected chi connectivity index (χ4v) is 4.72. The van der Waals surface area contributed by atoms with E-state index in [4.69, 9.17) is 9.47 Å². The molecule has 0 unspecified atom stereocenters. The van der Waals surface area contributed by atoms with Gasteiger partial charge in [0.15, 0.2) is 11.6 Å². The maximum absolute atomic E-state index is 14.5. The predicted molar refractivity (Wildman–Crippen MR) is 140 cm³/mol. The third-order valence-corrected chi connectivity index (χ3v) is 6.53. The maximum Gasteiger partial charge on any atom is 0.449 e. The lowest BCUT2D eigenvalue weighted by Crippen LogP contribution is -2.45. The fraction of sp³-hybridized carbons (Fsp3) is 0.429. The number of methoxy groups -OCH3 is 1. The second kappa shape index (κ2) is 12.1. The van der Waals surface area contributed by atoms with Gasteiger partial charge in [-0.1, -0.05) is 0 Å². The van der Waals surface area contributed by atoms with Crippen molar-refractivity contribution in [2.24, 2.45) is 0 Å². The average molecular weight is 614 g/mol. The molecule has 1 aliphatic heterocycles. The number of halogens is 6. The minimum Gasteiger partial charge on any atom is -0.481 e. The molecule has 0 spiro atoms. The van der Waals surface area contributed by atoms with Crippen molar-refractivity contribution in [1.82, 2.24) is 24.8 Å². The Morgan fingerprint density at radius 2 is 1.77 bits per heavy atom. The van der Waals surface area contributed by atoms with Crippen molar-refractivity contribution in [3.63, 3.8) is 0 Å². The Balaban J connectivity index is 1.63. The Morgan fingerprint density at radius 3 is 2.42 bits per heavy atom. The third-order valence-electron chi connectivity index (χ3n) is 6.53. The van der Waals surface area contributed by atoms with Gasteiger partial charge in [-0.15, -0.1) is 0 Å². The van der Waals surface area contributed by atoms with Gasteiger partial charge in [-0.3, -0.25) is 4.79 Å². The summed E-state index contributed by atoms with van der Waals surface area (Å²) in [5.74, 6) is -5.52.